The summed E-state index contributed by atoms with van der Waals surface area (Å²) in [6.45, 7) is 6.88. The molecule has 1 aliphatic rings. The second kappa shape index (κ2) is 5.82. The first-order valence-electron chi connectivity index (χ1n) is 5.45. The lowest BCUT2D eigenvalue weighted by Crippen LogP contribution is -2.28. The van der Waals surface area contributed by atoms with Gasteiger partial charge in [0.05, 0.1) is 0 Å². The Labute approximate surface area is 87.2 Å². The molecule has 1 unspecified atom stereocenters. The lowest BCUT2D eigenvalue weighted by atomic mass is 9.95. The van der Waals surface area contributed by atoms with Crippen LogP contribution in [0.15, 0.2) is 37.0 Å². The van der Waals surface area contributed by atoms with Gasteiger partial charge in [-0.25, -0.2) is 0 Å². The van der Waals surface area contributed by atoms with Crippen LogP contribution in [-0.2, 0) is 4.74 Å². The first kappa shape index (κ1) is 11.3. The molecule has 14 heavy (non-hydrogen) atoms. The van der Waals surface area contributed by atoms with Crippen molar-refractivity contribution in [1.29, 1.82) is 0 Å². The first-order chi connectivity index (χ1) is 6.83. The summed E-state index contributed by atoms with van der Waals surface area (Å²) in [5.74, 6) is 0. The highest BCUT2D eigenvalue weighted by Crippen LogP contribution is 2.23. The van der Waals surface area contributed by atoms with E-state index in [0.717, 1.165) is 19.4 Å². The van der Waals surface area contributed by atoms with Crippen molar-refractivity contribution in [2.75, 3.05) is 6.61 Å². The molecule has 0 bridgehead atoms. The first-order valence-corrected chi connectivity index (χ1v) is 5.45. The Morgan fingerprint density at radius 2 is 2.29 bits per heavy atom. The molecular formula is C13H20O. The van der Waals surface area contributed by atoms with Crippen molar-refractivity contribution in [2.24, 2.45) is 0 Å². The van der Waals surface area contributed by atoms with E-state index in [2.05, 4.69) is 31.7 Å². The zero-order valence-corrected chi connectivity index (χ0v) is 9.04. The van der Waals surface area contributed by atoms with E-state index in [1.807, 2.05) is 12.2 Å². The van der Waals surface area contributed by atoms with Gasteiger partial charge in [0.2, 0.25) is 0 Å². The van der Waals surface area contributed by atoms with Crippen molar-refractivity contribution in [1.82, 2.24) is 0 Å². The molecule has 1 aliphatic carbocycles. The van der Waals surface area contributed by atoms with Gasteiger partial charge in [0, 0.05) is 13.0 Å². The van der Waals surface area contributed by atoms with Crippen LogP contribution in [0.3, 0.4) is 0 Å². The summed E-state index contributed by atoms with van der Waals surface area (Å²) in [5, 5.41) is 0. The van der Waals surface area contributed by atoms with Crippen LogP contribution in [0.4, 0.5) is 0 Å². The highest BCUT2D eigenvalue weighted by atomic mass is 16.5. The second-order valence-electron chi connectivity index (χ2n) is 3.71. The van der Waals surface area contributed by atoms with Crippen LogP contribution in [0, 0.1) is 0 Å². The molecule has 0 radical (unpaired) electrons. The van der Waals surface area contributed by atoms with Crippen LogP contribution >= 0.6 is 0 Å². The van der Waals surface area contributed by atoms with Crippen molar-refractivity contribution < 1.29 is 4.74 Å². The third kappa shape index (κ3) is 3.15. The van der Waals surface area contributed by atoms with Crippen LogP contribution in [0.1, 0.15) is 32.6 Å². The number of ether oxygens (including phenoxy) is 1. The average molecular weight is 192 g/mol. The monoisotopic (exact) mass is 192 g/mol. The van der Waals surface area contributed by atoms with Gasteiger partial charge in [-0.3, -0.25) is 0 Å². The van der Waals surface area contributed by atoms with Crippen LogP contribution in [0.2, 0.25) is 0 Å². The molecule has 0 aromatic rings. The lowest BCUT2D eigenvalue weighted by Gasteiger charge is -2.27. The van der Waals surface area contributed by atoms with Crippen molar-refractivity contribution in [3.8, 4) is 0 Å². The molecule has 0 spiro atoms. The maximum atomic E-state index is 5.87. The molecule has 1 rings (SSSR count). The Morgan fingerprint density at radius 3 is 2.86 bits per heavy atom. The van der Waals surface area contributed by atoms with Gasteiger partial charge < -0.3 is 4.74 Å². The molecule has 0 aliphatic heterocycles. The molecule has 0 aromatic heterocycles. The minimum absolute atomic E-state index is 0.234. The van der Waals surface area contributed by atoms with Gasteiger partial charge in [-0.15, -0.1) is 0 Å². The molecule has 0 saturated heterocycles. The predicted octanol–water partition coefficient (Wildman–Crippen LogP) is 3.63. The van der Waals surface area contributed by atoms with Gasteiger partial charge in [-0.2, -0.15) is 0 Å². The molecule has 78 valence electrons. The molecule has 1 atom stereocenters. The molecule has 0 heterocycles. The van der Waals surface area contributed by atoms with Crippen LogP contribution < -0.4 is 0 Å². The van der Waals surface area contributed by atoms with Crippen LogP contribution in [0.25, 0.3) is 0 Å². The Kier molecular flexibility index (Phi) is 4.68. The Bertz CT molecular complexity index is 227. The fourth-order valence-electron chi connectivity index (χ4n) is 1.55. The smallest absolute Gasteiger partial charge is 0.108 e. The third-order valence-corrected chi connectivity index (χ3v) is 2.53. The van der Waals surface area contributed by atoms with E-state index in [4.69, 9.17) is 4.74 Å². The van der Waals surface area contributed by atoms with E-state index in [1.54, 1.807) is 0 Å². The molecule has 0 aromatic carbocycles. The third-order valence-electron chi connectivity index (χ3n) is 2.53. The van der Waals surface area contributed by atoms with Crippen LogP contribution in [-0.4, -0.2) is 12.2 Å². The molecule has 1 heteroatoms. The summed E-state index contributed by atoms with van der Waals surface area (Å²) in [6, 6.07) is 0. The highest BCUT2D eigenvalue weighted by molar-refractivity contribution is 5.24. The SMILES string of the molecule is C=CC1(OCCCCC)C=CC=CC1. The van der Waals surface area contributed by atoms with E-state index >= 15 is 0 Å². The fourth-order valence-corrected chi connectivity index (χ4v) is 1.55. The molecule has 0 saturated carbocycles. The maximum absolute atomic E-state index is 5.87. The predicted molar refractivity (Wildman–Crippen MR) is 61.3 cm³/mol. The number of hydrogen-bond donors (Lipinski definition) is 0. The fraction of sp³-hybridized carbons (Fsp3) is 0.538. The van der Waals surface area contributed by atoms with Crippen molar-refractivity contribution in [3.05, 3.63) is 37.0 Å². The quantitative estimate of drug-likeness (QED) is 0.461. The second-order valence-corrected chi connectivity index (χ2v) is 3.71. The zero-order valence-electron chi connectivity index (χ0n) is 9.04. The minimum Gasteiger partial charge on any atom is -0.366 e. The number of rotatable bonds is 6. The number of hydrogen-bond acceptors (Lipinski definition) is 1. The van der Waals surface area contributed by atoms with E-state index in [1.165, 1.54) is 12.8 Å². The molecule has 0 N–H and O–H groups in total. The Morgan fingerprint density at radius 1 is 1.43 bits per heavy atom. The van der Waals surface area contributed by atoms with E-state index < -0.39 is 0 Å². The van der Waals surface area contributed by atoms with Gasteiger partial charge in [-0.05, 0) is 12.5 Å². The summed E-state index contributed by atoms with van der Waals surface area (Å²) in [6.07, 6.45) is 14.7. The number of unbranched alkanes of at least 4 members (excludes halogenated alkanes) is 2. The molecule has 0 amide bonds. The number of allylic oxidation sites excluding steroid dienone is 2. The zero-order chi connectivity index (χ0) is 10.3. The van der Waals surface area contributed by atoms with Crippen molar-refractivity contribution in [2.45, 2.75) is 38.2 Å². The minimum atomic E-state index is -0.234. The van der Waals surface area contributed by atoms with Gasteiger partial charge in [0.15, 0.2) is 0 Å². The summed E-state index contributed by atoms with van der Waals surface area (Å²) in [7, 11) is 0. The standard InChI is InChI=1S/C13H20O/c1-3-5-9-12-14-13(4-2)10-7-6-8-11-13/h4,6-8,10H,2-3,5,9,11-12H2,1H3. The average Bonchev–Trinajstić information content (AvgIpc) is 2.26. The Hall–Kier alpha value is -0.820. The van der Waals surface area contributed by atoms with Gasteiger partial charge in [0.25, 0.3) is 0 Å². The topological polar surface area (TPSA) is 9.23 Å². The normalized spacial score (nSPS) is 25.2. The maximum Gasteiger partial charge on any atom is 0.108 e. The van der Waals surface area contributed by atoms with Crippen molar-refractivity contribution >= 4 is 0 Å². The molecular weight excluding hydrogens is 172 g/mol. The highest BCUT2D eigenvalue weighted by Gasteiger charge is 2.23. The van der Waals surface area contributed by atoms with E-state index in [9.17, 15) is 0 Å². The molecule has 1 nitrogen and oxygen atoms in total. The van der Waals surface area contributed by atoms with Gasteiger partial charge in [-0.1, -0.05) is 50.6 Å². The molecule has 0 fully saturated rings. The van der Waals surface area contributed by atoms with E-state index in [-0.39, 0.29) is 5.60 Å². The summed E-state index contributed by atoms with van der Waals surface area (Å²) < 4.78 is 5.87. The lowest BCUT2D eigenvalue weighted by molar-refractivity contribution is 0.0270. The summed E-state index contributed by atoms with van der Waals surface area (Å²) in [4.78, 5) is 0. The summed E-state index contributed by atoms with van der Waals surface area (Å²) in [5.41, 5.74) is -0.234. The van der Waals surface area contributed by atoms with Gasteiger partial charge in [0.1, 0.15) is 5.60 Å². The van der Waals surface area contributed by atoms with Gasteiger partial charge >= 0.3 is 0 Å². The van der Waals surface area contributed by atoms with Crippen LogP contribution in [0.5, 0.6) is 0 Å². The largest absolute Gasteiger partial charge is 0.366 e. The van der Waals surface area contributed by atoms with Crippen molar-refractivity contribution in [3.63, 3.8) is 0 Å². The van der Waals surface area contributed by atoms with E-state index in [0.29, 0.717) is 0 Å². The summed E-state index contributed by atoms with van der Waals surface area (Å²) >= 11 is 0. The Balaban J connectivity index is 2.35.